The highest BCUT2D eigenvalue weighted by atomic mass is 35.5. The number of sulfone groups is 1. The van der Waals surface area contributed by atoms with Crippen LogP contribution in [0, 0.1) is 0 Å². The molecule has 8 heteroatoms. The maximum atomic E-state index is 12.1. The monoisotopic (exact) mass is 393 g/mol. The molecule has 1 heterocycles. The number of hydrogen-bond donors (Lipinski definition) is 1. The Hall–Kier alpha value is -2.51. The molecule has 0 aromatic heterocycles. The molecule has 0 aliphatic carbocycles. The van der Waals surface area contributed by atoms with Gasteiger partial charge in [0.1, 0.15) is 13.2 Å². The van der Waals surface area contributed by atoms with Crippen LogP contribution in [0.2, 0.25) is 5.02 Å². The number of hydrogen-bond acceptors (Lipinski definition) is 5. The molecule has 0 saturated heterocycles. The van der Waals surface area contributed by atoms with Gasteiger partial charge in [0.15, 0.2) is 21.3 Å². The minimum Gasteiger partial charge on any atom is -0.486 e. The highest BCUT2D eigenvalue weighted by Crippen LogP contribution is 2.38. The van der Waals surface area contributed by atoms with Crippen molar-refractivity contribution in [2.75, 3.05) is 24.8 Å². The average molecular weight is 394 g/mol. The second-order valence-electron chi connectivity index (χ2n) is 5.65. The summed E-state index contributed by atoms with van der Waals surface area (Å²) in [5.41, 5.74) is 1.07. The molecule has 3 rings (SSSR count). The second kappa shape index (κ2) is 7.39. The molecular weight excluding hydrogens is 378 g/mol. The summed E-state index contributed by atoms with van der Waals surface area (Å²) in [6.45, 7) is 0.879. The quantitative estimate of drug-likeness (QED) is 0.807. The number of amides is 1. The summed E-state index contributed by atoms with van der Waals surface area (Å²) in [6, 6.07) is 9.45. The van der Waals surface area contributed by atoms with Crippen LogP contribution in [0.1, 0.15) is 5.56 Å². The minimum atomic E-state index is -3.34. The van der Waals surface area contributed by atoms with Crippen LogP contribution in [0.25, 0.3) is 6.08 Å². The van der Waals surface area contributed by atoms with Crippen LogP contribution in [0.4, 0.5) is 5.69 Å². The van der Waals surface area contributed by atoms with Gasteiger partial charge in [-0.3, -0.25) is 4.79 Å². The lowest BCUT2D eigenvalue weighted by molar-refractivity contribution is -0.111. The van der Waals surface area contributed by atoms with Crippen LogP contribution in [0.3, 0.4) is 0 Å². The molecule has 0 radical (unpaired) electrons. The fourth-order valence-corrected chi connectivity index (χ4v) is 3.33. The molecule has 2 aromatic carbocycles. The average Bonchev–Trinajstić information content (AvgIpc) is 2.59. The van der Waals surface area contributed by atoms with E-state index in [0.717, 1.165) is 6.26 Å². The zero-order chi connectivity index (χ0) is 18.7. The second-order valence-corrected chi connectivity index (χ2v) is 8.07. The third-order valence-electron chi connectivity index (χ3n) is 3.58. The SMILES string of the molecule is CS(=O)(=O)c1cccc(NC(=O)/C=C/c2cc(Cl)c3c(c2)OCCO3)c1. The summed E-state index contributed by atoms with van der Waals surface area (Å²) < 4.78 is 34.1. The van der Waals surface area contributed by atoms with E-state index in [2.05, 4.69) is 5.32 Å². The summed E-state index contributed by atoms with van der Waals surface area (Å²) >= 11 is 6.16. The van der Waals surface area contributed by atoms with Gasteiger partial charge in [-0.05, 0) is 42.0 Å². The van der Waals surface area contributed by atoms with E-state index in [9.17, 15) is 13.2 Å². The Balaban J connectivity index is 1.73. The van der Waals surface area contributed by atoms with E-state index in [1.807, 2.05) is 0 Å². The summed E-state index contributed by atoms with van der Waals surface area (Å²) in [5.74, 6) is 0.628. The van der Waals surface area contributed by atoms with Gasteiger partial charge >= 0.3 is 0 Å². The predicted molar refractivity (Wildman–Crippen MR) is 99.7 cm³/mol. The van der Waals surface area contributed by atoms with Crippen molar-refractivity contribution < 1.29 is 22.7 Å². The molecule has 1 N–H and O–H groups in total. The molecule has 2 aromatic rings. The van der Waals surface area contributed by atoms with Gasteiger partial charge in [-0.15, -0.1) is 0 Å². The number of carbonyl (C=O) groups is 1. The lowest BCUT2D eigenvalue weighted by atomic mass is 10.1. The molecule has 0 fully saturated rings. The summed E-state index contributed by atoms with van der Waals surface area (Å²) in [4.78, 5) is 12.2. The predicted octanol–water partition coefficient (Wildman–Crippen LogP) is 3.17. The lowest BCUT2D eigenvalue weighted by Gasteiger charge is -2.19. The normalized spacial score (nSPS) is 13.6. The number of ether oxygens (including phenoxy) is 2. The van der Waals surface area contributed by atoms with Gasteiger partial charge in [0.25, 0.3) is 0 Å². The van der Waals surface area contributed by atoms with Crippen molar-refractivity contribution in [2.24, 2.45) is 0 Å². The first-order valence-corrected chi connectivity index (χ1v) is 9.98. The molecule has 1 aliphatic heterocycles. The van der Waals surface area contributed by atoms with Crippen LogP contribution < -0.4 is 14.8 Å². The Labute approximate surface area is 156 Å². The topological polar surface area (TPSA) is 81.7 Å². The molecule has 6 nitrogen and oxygen atoms in total. The van der Waals surface area contributed by atoms with Crippen molar-refractivity contribution in [2.45, 2.75) is 4.90 Å². The van der Waals surface area contributed by atoms with E-state index in [4.69, 9.17) is 21.1 Å². The smallest absolute Gasteiger partial charge is 0.248 e. The zero-order valence-electron chi connectivity index (χ0n) is 13.9. The number of rotatable bonds is 4. The lowest BCUT2D eigenvalue weighted by Crippen LogP contribution is -2.15. The Morgan fingerprint density at radius 3 is 2.73 bits per heavy atom. The van der Waals surface area contributed by atoms with E-state index in [1.54, 1.807) is 30.3 Å². The maximum absolute atomic E-state index is 12.1. The van der Waals surface area contributed by atoms with Crippen LogP contribution in [-0.4, -0.2) is 33.8 Å². The van der Waals surface area contributed by atoms with Crippen LogP contribution >= 0.6 is 11.6 Å². The maximum Gasteiger partial charge on any atom is 0.248 e. The number of halogens is 1. The first-order chi connectivity index (χ1) is 12.3. The highest BCUT2D eigenvalue weighted by molar-refractivity contribution is 7.90. The van der Waals surface area contributed by atoms with Crippen molar-refractivity contribution >= 4 is 39.1 Å². The minimum absolute atomic E-state index is 0.137. The molecule has 26 heavy (non-hydrogen) atoms. The van der Waals surface area contributed by atoms with Crippen molar-refractivity contribution in [3.8, 4) is 11.5 Å². The van der Waals surface area contributed by atoms with Crippen LogP contribution in [0.5, 0.6) is 11.5 Å². The Morgan fingerprint density at radius 1 is 1.19 bits per heavy atom. The summed E-state index contributed by atoms with van der Waals surface area (Å²) in [6.07, 6.45) is 4.02. The first-order valence-electron chi connectivity index (χ1n) is 7.71. The van der Waals surface area contributed by atoms with Gasteiger partial charge in [-0.2, -0.15) is 0 Å². The Morgan fingerprint density at radius 2 is 1.96 bits per heavy atom. The van der Waals surface area contributed by atoms with Gasteiger partial charge in [-0.25, -0.2) is 8.42 Å². The van der Waals surface area contributed by atoms with Gasteiger partial charge in [0.2, 0.25) is 5.91 Å². The highest BCUT2D eigenvalue weighted by Gasteiger charge is 2.16. The van der Waals surface area contributed by atoms with E-state index in [-0.39, 0.29) is 4.90 Å². The largest absolute Gasteiger partial charge is 0.486 e. The fourth-order valence-electron chi connectivity index (χ4n) is 2.39. The van der Waals surface area contributed by atoms with E-state index in [1.165, 1.54) is 18.2 Å². The van der Waals surface area contributed by atoms with Gasteiger partial charge < -0.3 is 14.8 Å². The Kier molecular flexibility index (Phi) is 5.20. The molecule has 0 bridgehead atoms. The standard InChI is InChI=1S/C18H16ClNO5S/c1-26(22,23)14-4-2-3-13(11-14)20-17(21)6-5-12-9-15(19)18-16(10-12)24-7-8-25-18/h2-6,9-11H,7-8H2,1H3,(H,20,21)/b6-5+. The summed E-state index contributed by atoms with van der Waals surface area (Å²) in [7, 11) is -3.34. The van der Waals surface area contributed by atoms with E-state index in [0.29, 0.717) is 41.0 Å². The van der Waals surface area contributed by atoms with E-state index < -0.39 is 15.7 Å². The Bertz CT molecular complexity index is 985. The van der Waals surface area contributed by atoms with Gasteiger partial charge in [0, 0.05) is 18.0 Å². The van der Waals surface area contributed by atoms with Crippen LogP contribution in [0.15, 0.2) is 47.4 Å². The van der Waals surface area contributed by atoms with Crippen molar-refractivity contribution in [3.63, 3.8) is 0 Å². The van der Waals surface area contributed by atoms with Gasteiger partial charge in [-0.1, -0.05) is 17.7 Å². The molecule has 0 unspecified atom stereocenters. The zero-order valence-corrected chi connectivity index (χ0v) is 15.4. The summed E-state index contributed by atoms with van der Waals surface area (Å²) in [5, 5.41) is 3.03. The van der Waals surface area contributed by atoms with Crippen LogP contribution in [-0.2, 0) is 14.6 Å². The van der Waals surface area contributed by atoms with E-state index >= 15 is 0 Å². The van der Waals surface area contributed by atoms with Crippen molar-refractivity contribution in [1.29, 1.82) is 0 Å². The molecule has 0 spiro atoms. The number of fused-ring (bicyclic) bond motifs is 1. The molecule has 136 valence electrons. The number of anilines is 1. The molecule has 1 amide bonds. The fraction of sp³-hybridized carbons (Fsp3) is 0.167. The van der Waals surface area contributed by atoms with Gasteiger partial charge in [0.05, 0.1) is 9.92 Å². The molecular formula is C18H16ClNO5S. The molecule has 0 atom stereocenters. The number of nitrogens with one attached hydrogen (secondary N) is 1. The first kappa shape index (κ1) is 18.3. The molecule has 0 saturated carbocycles. The number of benzene rings is 2. The third kappa shape index (κ3) is 4.36. The van der Waals surface area contributed by atoms with Crippen molar-refractivity contribution in [1.82, 2.24) is 0 Å². The third-order valence-corrected chi connectivity index (χ3v) is 4.97. The number of carbonyl (C=O) groups excluding carboxylic acids is 1. The van der Waals surface area contributed by atoms with Crippen molar-refractivity contribution in [3.05, 3.63) is 53.1 Å². The molecule has 1 aliphatic rings.